The number of hydrogen-bond acceptors (Lipinski definition) is 0. The van der Waals surface area contributed by atoms with Crippen LogP contribution in [-0.4, -0.2) is 64.6 Å². The lowest BCUT2D eigenvalue weighted by Crippen LogP contribution is -2.95. The van der Waals surface area contributed by atoms with Crippen LogP contribution in [0.1, 0.15) is 0 Å². The van der Waals surface area contributed by atoms with Crippen LogP contribution >= 0.6 is 0 Å². The Balaban J connectivity index is 3.48. The second kappa shape index (κ2) is 5.22. The highest BCUT2D eigenvalue weighted by Gasteiger charge is 3.13. The van der Waals surface area contributed by atoms with E-state index >= 15 is 0 Å². The SMILES string of the molecule is FC1(F)C(F)(F)C2(F)C(F)(F)C(F)(F)C(F)(F)C(F)(C1(F)F)C(F)(F)C(F)(F)C2(F)F. The van der Waals surface area contributed by atoms with Crippen molar-refractivity contribution in [3.05, 3.63) is 0 Å². The average molecular weight is 512 g/mol. The minimum atomic E-state index is -9.28. The fraction of sp³-hybridized carbons (Fsp3) is 1.00. The second-order valence-electron chi connectivity index (χ2n) is 6.49. The zero-order chi connectivity index (χ0) is 25.5. The zero-order valence-corrected chi connectivity index (χ0v) is 13.1. The average Bonchev–Trinajstić information content (AvgIpc) is 2.56. The molecule has 0 N–H and O–H groups in total. The first-order chi connectivity index (χ1) is 13.0. The third kappa shape index (κ3) is 1.78. The van der Waals surface area contributed by atoms with E-state index < -0.39 is 64.6 Å². The Kier molecular flexibility index (Phi) is 4.35. The monoisotopic (exact) mass is 512 g/mol. The van der Waals surface area contributed by atoms with Crippen LogP contribution in [0.3, 0.4) is 0 Å². The van der Waals surface area contributed by atoms with Crippen molar-refractivity contribution in [2.45, 2.75) is 64.6 Å². The van der Waals surface area contributed by atoms with Crippen LogP contribution < -0.4 is 0 Å². The van der Waals surface area contributed by atoms with Gasteiger partial charge in [-0.25, -0.2) is 8.78 Å². The molecule has 3 saturated carbocycles. The first kappa shape index (κ1) is 25.9. The van der Waals surface area contributed by atoms with Gasteiger partial charge in [-0.15, -0.1) is 0 Å². The molecule has 0 spiro atoms. The molecule has 0 unspecified atom stereocenters. The molecule has 31 heavy (non-hydrogen) atoms. The highest BCUT2D eigenvalue weighted by Crippen LogP contribution is 2.79. The normalized spacial score (nSPS) is 42.2. The molecule has 20 heteroatoms. The van der Waals surface area contributed by atoms with Gasteiger partial charge >= 0.3 is 64.6 Å². The van der Waals surface area contributed by atoms with Crippen LogP contribution in [0.15, 0.2) is 0 Å². The van der Waals surface area contributed by atoms with Gasteiger partial charge in [0.25, 0.3) is 0 Å². The summed E-state index contributed by atoms with van der Waals surface area (Å²) in [6, 6.07) is 0. The molecule has 0 aliphatic heterocycles. The maximum absolute atomic E-state index is 14.2. The van der Waals surface area contributed by atoms with E-state index in [2.05, 4.69) is 0 Å². The molecule has 3 aliphatic carbocycles. The Morgan fingerprint density at radius 2 is 0.258 bits per heavy atom. The summed E-state index contributed by atoms with van der Waals surface area (Å²) in [6.07, 6.45) is 0. The van der Waals surface area contributed by atoms with Gasteiger partial charge in [-0.3, -0.25) is 0 Å². The van der Waals surface area contributed by atoms with Crippen molar-refractivity contribution >= 4 is 0 Å². The number of fused-ring (bicyclic) bond motifs is 6. The van der Waals surface area contributed by atoms with Gasteiger partial charge < -0.3 is 0 Å². The number of halogens is 20. The van der Waals surface area contributed by atoms with Crippen LogP contribution in [0.2, 0.25) is 0 Å². The van der Waals surface area contributed by atoms with Crippen LogP contribution in [0.25, 0.3) is 0 Å². The van der Waals surface area contributed by atoms with Crippen LogP contribution in [-0.2, 0) is 0 Å². The summed E-state index contributed by atoms with van der Waals surface area (Å²) in [7, 11) is 0. The molecule has 0 nitrogen and oxygen atoms in total. The third-order valence-corrected chi connectivity index (χ3v) is 4.96. The van der Waals surface area contributed by atoms with E-state index in [9.17, 15) is 87.8 Å². The molecule has 0 aromatic rings. The third-order valence-electron chi connectivity index (χ3n) is 4.96. The molecule has 3 aliphatic rings. The van der Waals surface area contributed by atoms with Gasteiger partial charge in [0.05, 0.1) is 0 Å². The first-order valence-corrected chi connectivity index (χ1v) is 6.78. The van der Waals surface area contributed by atoms with E-state index in [0.717, 1.165) is 0 Å². The van der Waals surface area contributed by atoms with Crippen molar-refractivity contribution in [1.29, 1.82) is 0 Å². The summed E-state index contributed by atoms with van der Waals surface area (Å²) in [4.78, 5) is 0. The largest absolute Gasteiger partial charge is 0.379 e. The highest BCUT2D eigenvalue weighted by atomic mass is 19.4. The molecule has 0 radical (unpaired) electrons. The predicted molar refractivity (Wildman–Crippen MR) is 52.2 cm³/mol. The minimum absolute atomic E-state index is 8.88. The lowest BCUT2D eigenvalue weighted by atomic mass is 9.59. The van der Waals surface area contributed by atoms with E-state index in [0.29, 0.717) is 0 Å². The van der Waals surface area contributed by atoms with Crippen LogP contribution in [0.5, 0.6) is 0 Å². The topological polar surface area (TPSA) is 0 Å². The molecule has 0 atom stereocenters. The minimum Gasteiger partial charge on any atom is -0.223 e. The Labute approximate surface area is 154 Å². The van der Waals surface area contributed by atoms with E-state index in [-0.39, 0.29) is 0 Å². The molecule has 2 bridgehead atoms. The number of hydrogen-bond donors (Lipinski definition) is 0. The lowest BCUT2D eigenvalue weighted by molar-refractivity contribution is -0.551. The fourth-order valence-electron chi connectivity index (χ4n) is 3.07. The van der Waals surface area contributed by atoms with Gasteiger partial charge in [-0.2, -0.15) is 79.0 Å². The molecule has 0 aromatic heterocycles. The maximum Gasteiger partial charge on any atom is 0.379 e. The summed E-state index contributed by atoms with van der Waals surface area (Å²) >= 11 is 0. The Morgan fingerprint density at radius 3 is 0.355 bits per heavy atom. The van der Waals surface area contributed by atoms with Crippen molar-refractivity contribution < 1.29 is 87.8 Å². The second-order valence-corrected chi connectivity index (χ2v) is 6.49. The quantitative estimate of drug-likeness (QED) is 0.342. The van der Waals surface area contributed by atoms with Crippen molar-refractivity contribution in [2.24, 2.45) is 0 Å². The number of alkyl halides is 20. The maximum atomic E-state index is 14.2. The van der Waals surface area contributed by atoms with Gasteiger partial charge in [-0.05, 0) is 0 Å². The molecule has 0 aromatic carbocycles. The van der Waals surface area contributed by atoms with Gasteiger partial charge in [0.15, 0.2) is 0 Å². The molecule has 0 amide bonds. The molecule has 0 saturated heterocycles. The summed E-state index contributed by atoms with van der Waals surface area (Å²) in [5, 5.41) is 0. The summed E-state index contributed by atoms with van der Waals surface area (Å²) < 4.78 is 273. The molecular weight excluding hydrogens is 512 g/mol. The smallest absolute Gasteiger partial charge is 0.223 e. The summed E-state index contributed by atoms with van der Waals surface area (Å²) in [5.41, 5.74) is -18.6. The van der Waals surface area contributed by atoms with Crippen molar-refractivity contribution in [3.63, 3.8) is 0 Å². The predicted octanol–water partition coefficient (Wildman–Crippen LogP) is 6.15. The summed E-state index contributed by atoms with van der Waals surface area (Å²) in [6.45, 7) is 0. The van der Waals surface area contributed by atoms with Crippen molar-refractivity contribution in [2.75, 3.05) is 0 Å². The Morgan fingerprint density at radius 1 is 0.161 bits per heavy atom. The number of rotatable bonds is 0. The van der Waals surface area contributed by atoms with Crippen LogP contribution in [0, 0.1) is 0 Å². The first-order valence-electron chi connectivity index (χ1n) is 6.78. The zero-order valence-electron chi connectivity index (χ0n) is 13.1. The molecule has 0 heterocycles. The molecule has 184 valence electrons. The van der Waals surface area contributed by atoms with Gasteiger partial charge in [0.1, 0.15) is 0 Å². The standard InChI is InChI=1S/C11F20/c12-1-3(14,15)9(26,27)6(20,21)2(13,7(22,23)10(28,29)4(1,16)17)8(24,25)11(30,31)5(1,18)19. The van der Waals surface area contributed by atoms with Crippen molar-refractivity contribution in [3.8, 4) is 0 Å². The van der Waals surface area contributed by atoms with Crippen molar-refractivity contribution in [1.82, 2.24) is 0 Å². The molecule has 3 rings (SSSR count). The molecule has 3 fully saturated rings. The van der Waals surface area contributed by atoms with E-state index in [1.165, 1.54) is 0 Å². The van der Waals surface area contributed by atoms with Gasteiger partial charge in [0, 0.05) is 0 Å². The van der Waals surface area contributed by atoms with Gasteiger partial charge in [0.2, 0.25) is 0 Å². The lowest BCUT2D eigenvalue weighted by Gasteiger charge is -2.60. The highest BCUT2D eigenvalue weighted by molar-refractivity contribution is 5.39. The molecular formula is C11F20. The van der Waals surface area contributed by atoms with E-state index in [1.807, 2.05) is 0 Å². The summed E-state index contributed by atoms with van der Waals surface area (Å²) in [5.74, 6) is -80.7. The van der Waals surface area contributed by atoms with E-state index in [4.69, 9.17) is 0 Å². The fourth-order valence-corrected chi connectivity index (χ4v) is 3.07. The Bertz CT molecular complexity index is 626. The van der Waals surface area contributed by atoms with Gasteiger partial charge in [-0.1, -0.05) is 0 Å². The Hall–Kier alpha value is -1.40. The van der Waals surface area contributed by atoms with E-state index in [1.54, 1.807) is 0 Å². The van der Waals surface area contributed by atoms with Crippen LogP contribution in [0.4, 0.5) is 87.8 Å².